The van der Waals surface area contributed by atoms with E-state index in [1.54, 1.807) is 62.3 Å². The number of carbonyl (C=O) groups is 5. The molecule has 0 heterocycles. The Morgan fingerprint density at radius 3 is 1.43 bits per heavy atom. The molecule has 0 saturated heterocycles. The van der Waals surface area contributed by atoms with Crippen molar-refractivity contribution in [2.75, 3.05) is 6.54 Å². The van der Waals surface area contributed by atoms with E-state index in [-0.39, 0.29) is 62.8 Å². The van der Waals surface area contributed by atoms with Crippen molar-refractivity contribution in [3.63, 3.8) is 0 Å². The summed E-state index contributed by atoms with van der Waals surface area (Å²) in [7, 11) is 0. The highest BCUT2D eigenvalue weighted by molar-refractivity contribution is 5.87. The number of allylic oxidation sites excluding steroid dienone is 2. The molecule has 3 atom stereocenters. The third kappa shape index (κ3) is 12.9. The monoisotopic (exact) mass is 592 g/mol. The van der Waals surface area contributed by atoms with Gasteiger partial charge in [-0.25, -0.2) is 0 Å². The smallest absolute Gasteiger partial charge is 0.306 e. The summed E-state index contributed by atoms with van der Waals surface area (Å²) >= 11 is 0. The van der Waals surface area contributed by atoms with E-state index in [2.05, 4.69) is 22.8 Å². The molecule has 0 aromatic rings. The molecule has 0 spiro atoms. The largest absolute Gasteiger partial charge is 0.460 e. The van der Waals surface area contributed by atoms with Crippen molar-refractivity contribution in [2.24, 2.45) is 17.8 Å². The van der Waals surface area contributed by atoms with Crippen molar-refractivity contribution in [2.45, 2.75) is 136 Å². The number of ether oxygens (including phenoxy) is 3. The van der Waals surface area contributed by atoms with Crippen molar-refractivity contribution < 1.29 is 38.2 Å². The van der Waals surface area contributed by atoms with Crippen LogP contribution in [0.2, 0.25) is 0 Å². The number of fused-ring (bicyclic) bond motifs is 2. The van der Waals surface area contributed by atoms with Gasteiger partial charge in [0.25, 0.3) is 0 Å². The number of hydrogen-bond acceptors (Lipinski definition) is 8. The second-order valence-electron chi connectivity index (χ2n) is 14.7. The van der Waals surface area contributed by atoms with Crippen LogP contribution in [0.25, 0.3) is 0 Å². The van der Waals surface area contributed by atoms with Crippen LogP contribution in [0.4, 0.5) is 0 Å². The van der Waals surface area contributed by atoms with E-state index >= 15 is 0 Å². The van der Waals surface area contributed by atoms with Crippen molar-refractivity contribution in [1.82, 2.24) is 10.6 Å². The molecule has 2 bridgehead atoms. The minimum atomic E-state index is -1.14. The van der Waals surface area contributed by atoms with E-state index in [9.17, 15) is 24.0 Å². The van der Waals surface area contributed by atoms with Gasteiger partial charge >= 0.3 is 17.9 Å². The Hall–Kier alpha value is -2.91. The SMILES string of the molecule is CC(C)(C)OC(=O)CCC(CCC(=O)OC(C)(C)C)(CCC(=O)OC(C)(C)C)NC(=O)CNC(=O)C1CC2C=CC1C2. The van der Waals surface area contributed by atoms with E-state index in [1.807, 2.05) is 0 Å². The van der Waals surface area contributed by atoms with Crippen LogP contribution in [0.3, 0.4) is 0 Å². The second-order valence-corrected chi connectivity index (χ2v) is 14.7. The number of hydrogen-bond donors (Lipinski definition) is 2. The third-order valence-corrected chi connectivity index (χ3v) is 7.13. The number of nitrogens with one attached hydrogen (secondary N) is 2. The molecule has 2 amide bonds. The van der Waals surface area contributed by atoms with Gasteiger partial charge in [-0.15, -0.1) is 0 Å². The van der Waals surface area contributed by atoms with Gasteiger partial charge < -0.3 is 24.8 Å². The normalized spacial score (nSPS) is 20.2. The molecule has 0 aliphatic heterocycles. The van der Waals surface area contributed by atoms with Crippen LogP contribution in [-0.4, -0.2) is 58.6 Å². The molecule has 2 aliphatic carbocycles. The zero-order valence-electron chi connectivity index (χ0n) is 27.0. The Morgan fingerprint density at radius 1 is 0.667 bits per heavy atom. The third-order valence-electron chi connectivity index (χ3n) is 7.13. The highest BCUT2D eigenvalue weighted by Gasteiger charge is 2.40. The molecule has 42 heavy (non-hydrogen) atoms. The number of esters is 3. The van der Waals surface area contributed by atoms with Crippen LogP contribution in [0.5, 0.6) is 0 Å². The standard InChI is InChI=1S/C32H52N2O8/c1-29(2,3)40-25(36)12-15-32(16-13-26(37)41-30(4,5)6,17-14-27(38)42-31(7,8)9)34-24(35)20-33-28(39)23-19-21-10-11-22(23)18-21/h10-11,21-23H,12-20H2,1-9H3,(H,33,39)(H,34,35). The quantitative estimate of drug-likeness (QED) is 0.181. The van der Waals surface area contributed by atoms with Crippen LogP contribution in [0.15, 0.2) is 12.2 Å². The molecule has 2 aliphatic rings. The predicted molar refractivity (Wildman–Crippen MR) is 158 cm³/mol. The topological polar surface area (TPSA) is 137 Å². The zero-order chi connectivity index (χ0) is 31.9. The number of carbonyl (C=O) groups excluding carboxylic acids is 5. The minimum Gasteiger partial charge on any atom is -0.460 e. The van der Waals surface area contributed by atoms with Gasteiger partial charge in [-0.05, 0) is 106 Å². The van der Waals surface area contributed by atoms with Gasteiger partial charge in [-0.3, -0.25) is 24.0 Å². The molecule has 0 aromatic heterocycles. The highest BCUT2D eigenvalue weighted by atomic mass is 16.6. The fraction of sp³-hybridized carbons (Fsp3) is 0.781. The summed E-state index contributed by atoms with van der Waals surface area (Å²) in [6.07, 6.45) is 6.16. The molecule has 2 N–H and O–H groups in total. The maximum absolute atomic E-state index is 13.3. The molecule has 1 saturated carbocycles. The summed E-state index contributed by atoms with van der Waals surface area (Å²) in [5.74, 6) is -1.56. The lowest BCUT2D eigenvalue weighted by Gasteiger charge is -2.36. The van der Waals surface area contributed by atoms with Crippen molar-refractivity contribution in [3.8, 4) is 0 Å². The lowest BCUT2D eigenvalue weighted by Crippen LogP contribution is -2.53. The van der Waals surface area contributed by atoms with Gasteiger partial charge in [-0.2, -0.15) is 0 Å². The lowest BCUT2D eigenvalue weighted by atomic mass is 9.83. The van der Waals surface area contributed by atoms with Crippen molar-refractivity contribution in [1.29, 1.82) is 0 Å². The van der Waals surface area contributed by atoms with E-state index in [0.717, 1.165) is 12.8 Å². The number of rotatable bonds is 13. The van der Waals surface area contributed by atoms with E-state index in [4.69, 9.17) is 14.2 Å². The molecule has 1 fully saturated rings. The lowest BCUT2D eigenvalue weighted by molar-refractivity contribution is -0.155. The summed E-state index contributed by atoms with van der Waals surface area (Å²) in [6.45, 7) is 15.6. The Kier molecular flexibility index (Phi) is 11.8. The van der Waals surface area contributed by atoms with Gasteiger partial charge in [0.15, 0.2) is 0 Å². The molecular weight excluding hydrogens is 540 g/mol. The van der Waals surface area contributed by atoms with Crippen LogP contribution in [0, 0.1) is 17.8 Å². The van der Waals surface area contributed by atoms with Gasteiger partial charge in [0.05, 0.1) is 6.54 Å². The van der Waals surface area contributed by atoms with Gasteiger partial charge in [0.2, 0.25) is 11.8 Å². The van der Waals surface area contributed by atoms with Crippen LogP contribution < -0.4 is 10.6 Å². The fourth-order valence-electron chi connectivity index (χ4n) is 5.48. The van der Waals surface area contributed by atoms with Gasteiger partial charge in [-0.1, -0.05) is 12.2 Å². The summed E-state index contributed by atoms with van der Waals surface area (Å²) in [5, 5.41) is 5.73. The average molecular weight is 593 g/mol. The van der Waals surface area contributed by atoms with Gasteiger partial charge in [0.1, 0.15) is 16.8 Å². The maximum atomic E-state index is 13.3. The predicted octanol–water partition coefficient (Wildman–Crippen LogP) is 4.54. The maximum Gasteiger partial charge on any atom is 0.306 e. The minimum absolute atomic E-state index is 0.0516. The Morgan fingerprint density at radius 2 is 1.10 bits per heavy atom. The first-order valence-corrected chi connectivity index (χ1v) is 15.1. The molecule has 10 heteroatoms. The summed E-state index contributed by atoms with van der Waals surface area (Å²) < 4.78 is 16.5. The summed E-state index contributed by atoms with van der Waals surface area (Å²) in [6, 6.07) is 0. The summed E-state index contributed by atoms with van der Waals surface area (Å²) in [5.41, 5.74) is -3.23. The molecule has 10 nitrogen and oxygen atoms in total. The first-order chi connectivity index (χ1) is 19.2. The average Bonchev–Trinajstić information content (AvgIpc) is 3.44. The molecule has 0 radical (unpaired) electrons. The highest BCUT2D eigenvalue weighted by Crippen LogP contribution is 2.43. The second kappa shape index (κ2) is 14.0. The van der Waals surface area contributed by atoms with Crippen LogP contribution in [0.1, 0.15) is 114 Å². The Labute approximate surface area is 251 Å². The van der Waals surface area contributed by atoms with Crippen molar-refractivity contribution >= 4 is 29.7 Å². The first kappa shape index (κ1) is 35.3. The first-order valence-electron chi connectivity index (χ1n) is 15.1. The molecule has 238 valence electrons. The van der Waals surface area contributed by atoms with Crippen molar-refractivity contribution in [3.05, 3.63) is 12.2 Å². The molecule has 0 aromatic carbocycles. The Bertz CT molecular complexity index is 950. The van der Waals surface area contributed by atoms with E-state index in [1.165, 1.54) is 0 Å². The zero-order valence-corrected chi connectivity index (χ0v) is 27.0. The van der Waals surface area contributed by atoms with Gasteiger partial charge in [0, 0.05) is 30.7 Å². The molecular formula is C32H52N2O8. The van der Waals surface area contributed by atoms with E-state index in [0.29, 0.717) is 5.92 Å². The Balaban J connectivity index is 2.21. The van der Waals surface area contributed by atoms with E-state index < -0.39 is 46.2 Å². The molecule has 3 unspecified atom stereocenters. The number of amides is 2. The molecule has 2 rings (SSSR count). The summed E-state index contributed by atoms with van der Waals surface area (Å²) in [4.78, 5) is 64.2. The fourth-order valence-corrected chi connectivity index (χ4v) is 5.48. The van der Waals surface area contributed by atoms with Crippen LogP contribution in [-0.2, 0) is 38.2 Å². The van der Waals surface area contributed by atoms with Crippen LogP contribution >= 0.6 is 0 Å².